The molecule has 0 bridgehead atoms. The van der Waals surface area contributed by atoms with Gasteiger partial charge in [-0.3, -0.25) is 9.69 Å². The summed E-state index contributed by atoms with van der Waals surface area (Å²) in [7, 11) is 0. The summed E-state index contributed by atoms with van der Waals surface area (Å²) in [6.07, 6.45) is 0.323. The Balaban J connectivity index is 2.50. The van der Waals surface area contributed by atoms with E-state index >= 15 is 0 Å². The lowest BCUT2D eigenvalue weighted by Crippen LogP contribution is -2.31. The Morgan fingerprint density at radius 3 is 2.25 bits per heavy atom. The van der Waals surface area contributed by atoms with Gasteiger partial charge in [0.15, 0.2) is 0 Å². The smallest absolute Gasteiger partial charge is 0.321 e. The largest absolute Gasteiger partial charge is 0.480 e. The summed E-state index contributed by atoms with van der Waals surface area (Å²) < 4.78 is 0. The molecule has 2 N–H and O–H groups in total. The minimum atomic E-state index is -0.833. The Morgan fingerprint density at radius 2 is 2.00 bits per heavy atom. The highest BCUT2D eigenvalue weighted by molar-refractivity contribution is 5.74. The van der Waals surface area contributed by atoms with Gasteiger partial charge < -0.3 is 10.2 Å². The van der Waals surface area contributed by atoms with Crippen LogP contribution in [0.1, 0.15) is 20.3 Å². The minimum absolute atomic E-state index is 0.0626. The van der Waals surface area contributed by atoms with Gasteiger partial charge in [0.1, 0.15) is 6.04 Å². The molecule has 70 valence electrons. The van der Waals surface area contributed by atoms with Crippen molar-refractivity contribution in [1.29, 1.82) is 0 Å². The van der Waals surface area contributed by atoms with Crippen LogP contribution < -0.4 is 0 Å². The van der Waals surface area contributed by atoms with Crippen LogP contribution in [0.3, 0.4) is 0 Å². The number of hydrogen-bond acceptors (Lipinski definition) is 3. The van der Waals surface area contributed by atoms with Crippen LogP contribution in [0.15, 0.2) is 0 Å². The van der Waals surface area contributed by atoms with E-state index in [1.807, 2.05) is 18.7 Å². The van der Waals surface area contributed by atoms with Crippen LogP contribution in [0.4, 0.5) is 0 Å². The molecule has 0 aromatic heterocycles. The summed E-state index contributed by atoms with van der Waals surface area (Å²) >= 11 is 0. The Kier molecular flexibility index (Phi) is 2.69. The molecule has 1 heterocycles. The van der Waals surface area contributed by atoms with Crippen molar-refractivity contribution < 1.29 is 15.0 Å². The number of carbonyl (C=O) groups is 1. The lowest BCUT2D eigenvalue weighted by atomic mass is 10.2. The molecule has 1 fully saturated rings. The number of aliphatic hydroxyl groups is 1. The average molecular weight is 173 g/mol. The van der Waals surface area contributed by atoms with Gasteiger partial charge in [0.05, 0.1) is 0 Å². The monoisotopic (exact) mass is 173 g/mol. The van der Waals surface area contributed by atoms with Crippen molar-refractivity contribution in [3.8, 4) is 0 Å². The molecule has 2 unspecified atom stereocenters. The Bertz CT molecular complexity index is 175. The number of aliphatic carboxylic acids is 1. The molecule has 0 radical (unpaired) electrons. The molecule has 1 rings (SSSR count). The van der Waals surface area contributed by atoms with Gasteiger partial charge in [-0.25, -0.2) is 0 Å². The molecule has 1 aliphatic rings. The highest BCUT2D eigenvalue weighted by Gasteiger charge is 2.47. The van der Waals surface area contributed by atoms with Crippen molar-refractivity contribution in [3.05, 3.63) is 0 Å². The fourth-order valence-electron chi connectivity index (χ4n) is 1.62. The minimum Gasteiger partial charge on any atom is -0.480 e. The molecule has 1 aliphatic heterocycles. The predicted octanol–water partition coefficient (Wildman–Crippen LogP) is -0.0854. The second-order valence-electron chi connectivity index (χ2n) is 3.29. The van der Waals surface area contributed by atoms with E-state index in [-0.39, 0.29) is 6.61 Å². The average Bonchev–Trinajstić information content (AvgIpc) is 2.56. The van der Waals surface area contributed by atoms with E-state index in [4.69, 9.17) is 10.2 Å². The van der Waals surface area contributed by atoms with Gasteiger partial charge in [-0.05, 0) is 20.3 Å². The number of carboxylic acid groups (broad SMARTS) is 1. The molecular weight excluding hydrogens is 158 g/mol. The standard InChI is InChI=1S/C8H15NO3/c1-5-6(2)9(5)7(3-4-10)8(11)12/h5-7,10H,3-4H2,1-2H3,(H,11,12)/t5?,6?,7-,9?/m0/s1. The van der Waals surface area contributed by atoms with Crippen LogP contribution in [0.5, 0.6) is 0 Å². The van der Waals surface area contributed by atoms with Crippen LogP contribution in [-0.2, 0) is 4.79 Å². The van der Waals surface area contributed by atoms with Crippen molar-refractivity contribution in [3.63, 3.8) is 0 Å². The Hall–Kier alpha value is -0.610. The van der Waals surface area contributed by atoms with Crippen molar-refractivity contribution >= 4 is 5.97 Å². The first kappa shape index (κ1) is 9.48. The summed E-state index contributed by atoms with van der Waals surface area (Å²) in [5, 5.41) is 17.4. The molecule has 4 nitrogen and oxygen atoms in total. The van der Waals surface area contributed by atoms with Gasteiger partial charge in [0.2, 0.25) is 0 Å². The fraction of sp³-hybridized carbons (Fsp3) is 0.875. The maximum absolute atomic E-state index is 10.7. The van der Waals surface area contributed by atoms with E-state index in [1.54, 1.807) is 0 Å². The second kappa shape index (κ2) is 3.41. The van der Waals surface area contributed by atoms with E-state index in [1.165, 1.54) is 0 Å². The van der Waals surface area contributed by atoms with Gasteiger partial charge in [-0.15, -0.1) is 0 Å². The third-order valence-corrected chi connectivity index (χ3v) is 2.60. The zero-order valence-corrected chi connectivity index (χ0v) is 7.40. The van der Waals surface area contributed by atoms with E-state index in [0.29, 0.717) is 18.5 Å². The van der Waals surface area contributed by atoms with Crippen molar-refractivity contribution in [2.24, 2.45) is 0 Å². The Labute approximate surface area is 71.8 Å². The van der Waals surface area contributed by atoms with Crippen LogP contribution in [0.2, 0.25) is 0 Å². The summed E-state index contributed by atoms with van der Waals surface area (Å²) in [6, 6.07) is 0.190. The number of nitrogens with zero attached hydrogens (tertiary/aromatic N) is 1. The summed E-state index contributed by atoms with van der Waals surface area (Å²) in [4.78, 5) is 12.6. The molecule has 0 aromatic carbocycles. The fourth-order valence-corrected chi connectivity index (χ4v) is 1.62. The summed E-state index contributed by atoms with van der Waals surface area (Å²) in [5.74, 6) is -0.833. The van der Waals surface area contributed by atoms with Gasteiger partial charge in [-0.2, -0.15) is 0 Å². The van der Waals surface area contributed by atoms with E-state index < -0.39 is 12.0 Å². The summed E-state index contributed by atoms with van der Waals surface area (Å²) in [5.41, 5.74) is 0. The third kappa shape index (κ3) is 1.59. The van der Waals surface area contributed by atoms with Crippen LogP contribution in [0, 0.1) is 0 Å². The first-order valence-corrected chi connectivity index (χ1v) is 4.20. The molecule has 0 saturated carbocycles. The van der Waals surface area contributed by atoms with Gasteiger partial charge in [0.25, 0.3) is 0 Å². The summed E-state index contributed by atoms with van der Waals surface area (Å²) in [6.45, 7) is 3.93. The molecule has 3 atom stereocenters. The van der Waals surface area contributed by atoms with Gasteiger partial charge in [0, 0.05) is 18.7 Å². The first-order valence-electron chi connectivity index (χ1n) is 4.20. The molecule has 12 heavy (non-hydrogen) atoms. The van der Waals surface area contributed by atoms with Gasteiger partial charge >= 0.3 is 5.97 Å². The SMILES string of the molecule is CC1C(C)N1[C@@H](CCO)C(=O)O. The molecule has 0 aliphatic carbocycles. The van der Waals surface area contributed by atoms with E-state index in [2.05, 4.69) is 0 Å². The van der Waals surface area contributed by atoms with E-state index in [0.717, 1.165) is 0 Å². The van der Waals surface area contributed by atoms with Crippen LogP contribution in [0.25, 0.3) is 0 Å². The highest BCUT2D eigenvalue weighted by atomic mass is 16.4. The lowest BCUT2D eigenvalue weighted by molar-refractivity contribution is -0.142. The zero-order valence-electron chi connectivity index (χ0n) is 7.40. The maximum atomic E-state index is 10.7. The molecule has 0 amide bonds. The van der Waals surface area contributed by atoms with Crippen molar-refractivity contribution in [2.75, 3.05) is 6.61 Å². The number of hydrogen-bond donors (Lipinski definition) is 2. The molecule has 1 saturated heterocycles. The van der Waals surface area contributed by atoms with Crippen molar-refractivity contribution in [2.45, 2.75) is 38.4 Å². The van der Waals surface area contributed by atoms with Crippen molar-refractivity contribution in [1.82, 2.24) is 4.90 Å². The molecule has 0 aromatic rings. The highest BCUT2D eigenvalue weighted by Crippen LogP contribution is 2.31. The second-order valence-corrected chi connectivity index (χ2v) is 3.29. The topological polar surface area (TPSA) is 60.5 Å². The molecule has 4 heteroatoms. The number of aliphatic hydroxyl groups excluding tert-OH is 1. The van der Waals surface area contributed by atoms with Gasteiger partial charge in [-0.1, -0.05) is 0 Å². The third-order valence-electron chi connectivity index (χ3n) is 2.60. The van der Waals surface area contributed by atoms with Crippen LogP contribution >= 0.6 is 0 Å². The van der Waals surface area contributed by atoms with Crippen LogP contribution in [-0.4, -0.2) is 45.8 Å². The number of rotatable bonds is 4. The quantitative estimate of drug-likeness (QED) is 0.583. The normalized spacial score (nSPS) is 36.1. The predicted molar refractivity (Wildman–Crippen MR) is 43.9 cm³/mol. The zero-order chi connectivity index (χ0) is 9.30. The lowest BCUT2D eigenvalue weighted by Gasteiger charge is -2.12. The maximum Gasteiger partial charge on any atom is 0.321 e. The first-order chi connectivity index (χ1) is 5.59. The molecular formula is C8H15NO3. The Morgan fingerprint density at radius 1 is 1.50 bits per heavy atom. The number of carboxylic acids is 1. The molecule has 0 spiro atoms. The van der Waals surface area contributed by atoms with E-state index in [9.17, 15) is 4.79 Å².